The van der Waals surface area contributed by atoms with E-state index < -0.39 is 8.07 Å². The van der Waals surface area contributed by atoms with Gasteiger partial charge in [0.15, 0.2) is 0 Å². The molecule has 1 aliphatic carbocycles. The van der Waals surface area contributed by atoms with Gasteiger partial charge in [0.1, 0.15) is 19.2 Å². The van der Waals surface area contributed by atoms with Crippen LogP contribution in [0.5, 0.6) is 0 Å². The quantitative estimate of drug-likeness (QED) is 0.153. The highest BCUT2D eigenvalue weighted by molar-refractivity contribution is 8.05. The molecule has 13 rings (SSSR count). The summed E-state index contributed by atoms with van der Waals surface area (Å²) in [5.74, 6) is 0. The van der Waals surface area contributed by atoms with E-state index in [1.54, 1.807) is 0 Å². The zero-order valence-corrected chi connectivity index (χ0v) is 37.8. The number of anilines is 5. The van der Waals surface area contributed by atoms with Crippen molar-refractivity contribution in [3.05, 3.63) is 138 Å². The average Bonchev–Trinajstić information content (AvgIpc) is 3.62. The molecule has 5 heterocycles. The van der Waals surface area contributed by atoms with E-state index in [2.05, 4.69) is 179 Å². The fraction of sp³-hybridized carbons (Fsp3) is 0.208. The Morgan fingerprint density at radius 1 is 0.617 bits per heavy atom. The number of para-hydroxylation sites is 3. The molecule has 3 nitrogen and oxygen atoms in total. The number of fused-ring (bicyclic) bond motifs is 13. The summed E-state index contributed by atoms with van der Waals surface area (Å²) in [4.78, 5) is 10.7. The average molecular weight is 829 g/mol. The second-order valence-electron chi connectivity index (χ2n) is 19.6. The lowest BCUT2D eigenvalue weighted by molar-refractivity contribution is 0.332. The van der Waals surface area contributed by atoms with E-state index >= 15 is 0 Å². The van der Waals surface area contributed by atoms with Gasteiger partial charge in [-0.25, -0.2) is 0 Å². The number of furan rings is 1. The zero-order valence-electron chi connectivity index (χ0n) is 35.2. The molecule has 0 bridgehead atoms. The molecular weight excluding hydrogens is 784 g/mol. The van der Waals surface area contributed by atoms with Crippen molar-refractivity contribution in [2.75, 3.05) is 9.71 Å². The summed E-state index contributed by atoms with van der Waals surface area (Å²) in [6.45, 7) is 17.2. The normalized spacial score (nSPS) is 17.9. The van der Waals surface area contributed by atoms with Crippen molar-refractivity contribution >= 4 is 110 Å². The van der Waals surface area contributed by atoms with E-state index in [4.69, 9.17) is 4.42 Å². The fourth-order valence-corrected chi connectivity index (χ4v) is 16.9. The molecule has 7 aromatic carbocycles. The lowest BCUT2D eigenvalue weighted by Gasteiger charge is -2.51. The predicted molar refractivity (Wildman–Crippen MR) is 259 cm³/mol. The third-order valence-electron chi connectivity index (χ3n) is 14.8. The van der Waals surface area contributed by atoms with E-state index in [0.717, 1.165) is 11.2 Å². The van der Waals surface area contributed by atoms with E-state index in [0.29, 0.717) is 0 Å². The molecule has 4 aliphatic heterocycles. The highest BCUT2D eigenvalue weighted by Gasteiger charge is 2.52. The number of hydrogen-bond donors (Lipinski definition) is 0. The van der Waals surface area contributed by atoms with Crippen LogP contribution in [0.15, 0.2) is 145 Å². The lowest BCUT2D eigenvalue weighted by Crippen LogP contribution is -2.68. The predicted octanol–water partition coefficient (Wildman–Crippen LogP) is 12.7. The molecule has 60 heavy (non-hydrogen) atoms. The van der Waals surface area contributed by atoms with Crippen LogP contribution in [0.2, 0.25) is 13.1 Å². The standard InChI is InChI=1S/C53H45BN2OS2Si/c1-30-25-33-34(53(4,5)24-23-52(33,2)3)26-37(30)55-38-29-45-44(58-42-19-11-12-20-43(42)59-45)27-35(38)54-50-39(55)28-41-48(31-15-8-10-18-40(31)57-41)49(50)32-16-14-22-47-51(32)56(54)36-17-9-13-21-46(36)60(47,6)7/h8-22,25-29H,23-24H2,1-7H3. The first-order valence-corrected chi connectivity index (χ1v) is 26.1. The van der Waals surface area contributed by atoms with Crippen LogP contribution in [0.25, 0.3) is 33.1 Å². The van der Waals surface area contributed by atoms with Crippen LogP contribution < -0.4 is 31.0 Å². The summed E-state index contributed by atoms with van der Waals surface area (Å²) in [5, 5.41) is 5.42. The molecule has 0 atom stereocenters. The molecule has 0 N–H and O–H groups in total. The van der Waals surface area contributed by atoms with Crippen molar-refractivity contribution < 1.29 is 4.42 Å². The number of aryl methyl sites for hydroxylation is 1. The first-order chi connectivity index (χ1) is 28.9. The second-order valence-corrected chi connectivity index (χ2v) is 26.1. The van der Waals surface area contributed by atoms with Crippen molar-refractivity contribution in [1.29, 1.82) is 0 Å². The molecular formula is C53H45BN2OS2Si. The third kappa shape index (κ3) is 4.56. The maximum Gasteiger partial charge on any atom is 0.333 e. The Morgan fingerprint density at radius 2 is 1.28 bits per heavy atom. The number of nitrogens with zero attached hydrogens (tertiary/aromatic N) is 2. The molecule has 0 spiro atoms. The van der Waals surface area contributed by atoms with Gasteiger partial charge in [0.05, 0.1) is 0 Å². The van der Waals surface area contributed by atoms with Gasteiger partial charge in [-0.2, -0.15) is 0 Å². The van der Waals surface area contributed by atoms with Gasteiger partial charge in [-0.3, -0.25) is 0 Å². The summed E-state index contributed by atoms with van der Waals surface area (Å²) in [7, 11) is -2.10. The van der Waals surface area contributed by atoms with Gasteiger partial charge in [-0.15, -0.1) is 0 Å². The molecule has 0 unspecified atom stereocenters. The SMILES string of the molecule is Cc1cc2c(cc1N1c3cc4c(cc3B3c5c1cc1oc6ccccc6c1c5-c1cccc5c1N3c1ccccc1[Si]5(C)C)Sc1ccccc1S4)C(C)(C)CCC2(C)C. The first-order valence-electron chi connectivity index (χ1n) is 21.5. The van der Waals surface area contributed by atoms with Gasteiger partial charge in [-0.05, 0) is 117 Å². The minimum absolute atomic E-state index is 0.0550. The smallest absolute Gasteiger partial charge is 0.333 e. The van der Waals surface area contributed by atoms with Crippen LogP contribution in [-0.4, -0.2) is 14.9 Å². The highest BCUT2D eigenvalue weighted by Crippen LogP contribution is 2.56. The van der Waals surface area contributed by atoms with Gasteiger partial charge in [0.25, 0.3) is 0 Å². The molecule has 0 fully saturated rings. The summed E-state index contributed by atoms with van der Waals surface area (Å²) in [6, 6.07) is 46.8. The topological polar surface area (TPSA) is 19.6 Å². The van der Waals surface area contributed by atoms with E-state index in [1.807, 2.05) is 23.5 Å². The van der Waals surface area contributed by atoms with Crippen LogP contribution in [0.3, 0.4) is 0 Å². The Hall–Kier alpha value is -5.08. The third-order valence-corrected chi connectivity index (χ3v) is 20.9. The van der Waals surface area contributed by atoms with Gasteiger partial charge < -0.3 is 14.1 Å². The molecule has 0 radical (unpaired) electrons. The molecule has 0 saturated carbocycles. The molecule has 1 aromatic heterocycles. The summed E-state index contributed by atoms with van der Waals surface area (Å²) < 4.78 is 6.97. The molecule has 8 aromatic rings. The number of benzene rings is 7. The van der Waals surface area contributed by atoms with Crippen molar-refractivity contribution in [3.8, 4) is 11.1 Å². The molecule has 0 saturated heterocycles. The molecule has 292 valence electrons. The van der Waals surface area contributed by atoms with Crippen molar-refractivity contribution in [1.82, 2.24) is 0 Å². The maximum atomic E-state index is 6.97. The van der Waals surface area contributed by atoms with Crippen LogP contribution in [-0.2, 0) is 10.8 Å². The lowest BCUT2D eigenvalue weighted by atomic mass is 9.43. The maximum absolute atomic E-state index is 6.97. The summed E-state index contributed by atoms with van der Waals surface area (Å²) >= 11 is 3.84. The molecule has 5 aliphatic rings. The minimum Gasteiger partial charge on any atom is -0.456 e. The highest BCUT2D eigenvalue weighted by atomic mass is 32.2. The van der Waals surface area contributed by atoms with Gasteiger partial charge in [0, 0.05) is 70.4 Å². The van der Waals surface area contributed by atoms with Crippen molar-refractivity contribution in [2.24, 2.45) is 0 Å². The van der Waals surface area contributed by atoms with Crippen LogP contribution in [0.1, 0.15) is 57.2 Å². The Labute approximate surface area is 362 Å². The summed E-state index contributed by atoms with van der Waals surface area (Å²) in [6.07, 6.45) is 2.36. The van der Waals surface area contributed by atoms with Crippen LogP contribution >= 0.6 is 23.5 Å². The minimum atomic E-state index is -2.10. The fourth-order valence-electron chi connectivity index (χ4n) is 11.6. The largest absolute Gasteiger partial charge is 0.456 e. The van der Waals surface area contributed by atoms with Gasteiger partial charge in [-0.1, -0.05) is 137 Å². The van der Waals surface area contributed by atoms with E-state index in [1.165, 1.54) is 121 Å². The van der Waals surface area contributed by atoms with Gasteiger partial charge >= 0.3 is 6.85 Å². The van der Waals surface area contributed by atoms with Gasteiger partial charge in [0.2, 0.25) is 0 Å². The van der Waals surface area contributed by atoms with Crippen LogP contribution in [0.4, 0.5) is 28.4 Å². The van der Waals surface area contributed by atoms with Crippen molar-refractivity contribution in [2.45, 2.75) is 91.0 Å². The monoisotopic (exact) mass is 828 g/mol. The molecule has 7 heteroatoms. The zero-order chi connectivity index (χ0) is 40.6. The Kier molecular flexibility index (Phi) is 7.04. The first kappa shape index (κ1) is 35.7. The second kappa shape index (κ2) is 11.8. The summed E-state index contributed by atoms with van der Waals surface area (Å²) in [5.41, 5.74) is 18.2. The Morgan fingerprint density at radius 3 is 2.07 bits per heavy atom. The van der Waals surface area contributed by atoms with Crippen LogP contribution in [0, 0.1) is 6.92 Å². The number of hydrogen-bond acceptors (Lipinski definition) is 5. The Bertz CT molecular complexity index is 3250. The number of rotatable bonds is 1. The van der Waals surface area contributed by atoms with Crippen molar-refractivity contribution in [3.63, 3.8) is 0 Å². The van der Waals surface area contributed by atoms with E-state index in [-0.39, 0.29) is 17.7 Å². The molecule has 0 amide bonds. The van der Waals surface area contributed by atoms with E-state index in [9.17, 15) is 0 Å². The Balaban J connectivity index is 1.20.